The fourth-order valence-electron chi connectivity index (χ4n) is 5.57. The number of ether oxygens (including phenoxy) is 2. The number of aryl methyl sites for hydroxylation is 1. The van der Waals surface area contributed by atoms with Crippen molar-refractivity contribution in [2.45, 2.75) is 39.2 Å². The van der Waals surface area contributed by atoms with Crippen LogP contribution in [0.3, 0.4) is 0 Å². The Labute approximate surface area is 245 Å². The molecule has 2 aliphatic rings. The standard InChI is InChI=1S/C34H35N3O5/c1-4-10-23-21-30(38)41-29-22-27(25-15-16-34(2,3)42-32(25)31(23)29)36-17-19-37(20-18-36)33(39)35-26-13-8-9-14-28(26)40-24-11-6-5-7-12-24/h5-9,11-16,21-22H,4,10,17-20H2,1-3H3,(H,35,39). The van der Waals surface area contributed by atoms with E-state index in [1.54, 1.807) is 11.0 Å². The molecule has 0 atom stereocenters. The lowest BCUT2D eigenvalue weighted by molar-refractivity contribution is 0.161. The molecule has 0 bridgehead atoms. The van der Waals surface area contributed by atoms with Gasteiger partial charge in [-0.1, -0.05) is 43.7 Å². The number of amides is 2. The third kappa shape index (κ3) is 5.57. The van der Waals surface area contributed by atoms with Gasteiger partial charge in [-0.05, 0) is 62.2 Å². The molecule has 216 valence electrons. The summed E-state index contributed by atoms with van der Waals surface area (Å²) in [6.07, 6.45) is 5.83. The molecule has 0 radical (unpaired) electrons. The van der Waals surface area contributed by atoms with Gasteiger partial charge in [0.15, 0.2) is 5.75 Å². The Kier molecular flexibility index (Phi) is 7.37. The average molecular weight is 566 g/mol. The number of carbonyl (C=O) groups is 1. The zero-order valence-corrected chi connectivity index (χ0v) is 24.2. The molecule has 2 aliphatic heterocycles. The van der Waals surface area contributed by atoms with Crippen LogP contribution in [0.2, 0.25) is 0 Å². The third-order valence-corrected chi connectivity index (χ3v) is 7.63. The molecule has 4 aromatic rings. The first-order valence-corrected chi connectivity index (χ1v) is 14.5. The van der Waals surface area contributed by atoms with Crippen molar-refractivity contribution in [1.82, 2.24) is 4.90 Å². The number of urea groups is 1. The maximum atomic E-state index is 13.3. The lowest BCUT2D eigenvalue weighted by atomic mass is 9.95. The molecule has 1 saturated heterocycles. The summed E-state index contributed by atoms with van der Waals surface area (Å²) in [6, 6.07) is 20.3. The molecule has 1 fully saturated rings. The Hall–Kier alpha value is -4.72. The smallest absolute Gasteiger partial charge is 0.336 e. The highest BCUT2D eigenvalue weighted by molar-refractivity contribution is 5.97. The highest BCUT2D eigenvalue weighted by Crippen LogP contribution is 2.44. The van der Waals surface area contributed by atoms with Crippen LogP contribution in [0.1, 0.15) is 38.3 Å². The molecule has 3 heterocycles. The molecule has 8 nitrogen and oxygen atoms in total. The van der Waals surface area contributed by atoms with Crippen molar-refractivity contribution in [3.63, 3.8) is 0 Å². The molecule has 6 rings (SSSR count). The number of hydrogen-bond donors (Lipinski definition) is 1. The third-order valence-electron chi connectivity index (χ3n) is 7.63. The van der Waals surface area contributed by atoms with E-state index in [1.807, 2.05) is 74.5 Å². The van der Waals surface area contributed by atoms with Crippen molar-refractivity contribution in [1.29, 1.82) is 0 Å². The van der Waals surface area contributed by atoms with Gasteiger partial charge in [-0.25, -0.2) is 9.59 Å². The lowest BCUT2D eigenvalue weighted by Gasteiger charge is -2.38. The molecule has 0 saturated carbocycles. The quantitative estimate of drug-likeness (QED) is 0.252. The van der Waals surface area contributed by atoms with E-state index in [0.29, 0.717) is 48.9 Å². The van der Waals surface area contributed by atoms with Crippen LogP contribution in [0.4, 0.5) is 16.2 Å². The van der Waals surface area contributed by atoms with Gasteiger partial charge in [-0.15, -0.1) is 0 Å². The molecular weight excluding hydrogens is 530 g/mol. The average Bonchev–Trinajstić information content (AvgIpc) is 2.97. The Morgan fingerprint density at radius 3 is 2.50 bits per heavy atom. The summed E-state index contributed by atoms with van der Waals surface area (Å²) in [6.45, 7) is 8.41. The van der Waals surface area contributed by atoms with Crippen molar-refractivity contribution < 1.29 is 18.7 Å². The molecule has 42 heavy (non-hydrogen) atoms. The monoisotopic (exact) mass is 565 g/mol. The second-order valence-electron chi connectivity index (χ2n) is 11.2. The van der Waals surface area contributed by atoms with Crippen molar-refractivity contribution in [3.05, 3.63) is 94.4 Å². The minimum atomic E-state index is -0.491. The van der Waals surface area contributed by atoms with E-state index in [9.17, 15) is 9.59 Å². The number of fused-ring (bicyclic) bond motifs is 3. The molecule has 0 spiro atoms. The van der Waals surface area contributed by atoms with Crippen LogP contribution in [-0.4, -0.2) is 42.7 Å². The van der Waals surface area contributed by atoms with E-state index in [2.05, 4.69) is 29.3 Å². The largest absolute Gasteiger partial charge is 0.482 e. The number of carbonyl (C=O) groups excluding carboxylic acids is 1. The van der Waals surface area contributed by atoms with E-state index >= 15 is 0 Å². The van der Waals surface area contributed by atoms with E-state index < -0.39 is 5.60 Å². The van der Waals surface area contributed by atoms with E-state index in [4.69, 9.17) is 13.9 Å². The number of benzene rings is 3. The van der Waals surface area contributed by atoms with Crippen LogP contribution in [0.15, 0.2) is 82.0 Å². The fraction of sp³-hybridized carbons (Fsp3) is 0.294. The maximum Gasteiger partial charge on any atom is 0.336 e. The molecule has 1 aromatic heterocycles. The van der Waals surface area contributed by atoms with Gasteiger partial charge in [0.25, 0.3) is 0 Å². The fourth-order valence-corrected chi connectivity index (χ4v) is 5.57. The molecule has 1 N–H and O–H groups in total. The number of hydrogen-bond acceptors (Lipinski definition) is 6. The molecule has 3 aromatic carbocycles. The van der Waals surface area contributed by atoms with Crippen LogP contribution in [0, 0.1) is 0 Å². The van der Waals surface area contributed by atoms with Crippen LogP contribution >= 0.6 is 0 Å². The minimum absolute atomic E-state index is 0.181. The van der Waals surface area contributed by atoms with Gasteiger partial charge in [0.05, 0.1) is 16.8 Å². The zero-order valence-electron chi connectivity index (χ0n) is 24.2. The molecule has 0 unspecified atom stereocenters. The number of nitrogens with one attached hydrogen (secondary N) is 1. The Bertz CT molecular complexity index is 1700. The summed E-state index contributed by atoms with van der Waals surface area (Å²) in [7, 11) is 0. The first kappa shape index (κ1) is 27.4. The van der Waals surface area contributed by atoms with Crippen molar-refractivity contribution in [2.24, 2.45) is 0 Å². The molecule has 0 aliphatic carbocycles. The second-order valence-corrected chi connectivity index (χ2v) is 11.2. The number of anilines is 2. The maximum absolute atomic E-state index is 13.3. The number of piperazine rings is 1. The normalized spacial score (nSPS) is 15.7. The molecule has 8 heteroatoms. The molecular formula is C34H35N3O5. The SMILES string of the molecule is CCCc1cc(=O)oc2cc(N3CCN(C(=O)Nc4ccccc4Oc4ccccc4)CC3)c3c(c12)OC(C)(C)C=C3. The predicted molar refractivity (Wildman–Crippen MR) is 166 cm³/mol. The van der Waals surface area contributed by atoms with Crippen molar-refractivity contribution in [3.8, 4) is 17.2 Å². The number of para-hydroxylation sites is 3. The van der Waals surface area contributed by atoms with Gasteiger partial charge in [-0.3, -0.25) is 0 Å². The summed E-state index contributed by atoms with van der Waals surface area (Å²) < 4.78 is 18.2. The van der Waals surface area contributed by atoms with Gasteiger partial charge in [0.2, 0.25) is 0 Å². The highest BCUT2D eigenvalue weighted by atomic mass is 16.5. The Morgan fingerprint density at radius 2 is 1.74 bits per heavy atom. The number of rotatable bonds is 6. The first-order valence-electron chi connectivity index (χ1n) is 14.5. The van der Waals surface area contributed by atoms with E-state index in [1.165, 1.54) is 0 Å². The minimum Gasteiger partial charge on any atom is -0.482 e. The van der Waals surface area contributed by atoms with Gasteiger partial charge in [0.1, 0.15) is 22.7 Å². The second kappa shape index (κ2) is 11.3. The lowest BCUT2D eigenvalue weighted by Crippen LogP contribution is -2.50. The van der Waals surface area contributed by atoms with Crippen LogP contribution in [-0.2, 0) is 6.42 Å². The summed E-state index contributed by atoms with van der Waals surface area (Å²) in [4.78, 5) is 29.8. The van der Waals surface area contributed by atoms with E-state index in [-0.39, 0.29) is 11.7 Å². The molecule has 2 amide bonds. The summed E-state index contributed by atoms with van der Waals surface area (Å²) in [5.41, 5.74) is 3.13. The van der Waals surface area contributed by atoms with Crippen molar-refractivity contribution in [2.75, 3.05) is 36.4 Å². The topological polar surface area (TPSA) is 84.3 Å². The zero-order chi connectivity index (χ0) is 29.3. The summed E-state index contributed by atoms with van der Waals surface area (Å²) >= 11 is 0. The summed E-state index contributed by atoms with van der Waals surface area (Å²) in [5, 5.41) is 3.89. The van der Waals surface area contributed by atoms with Crippen molar-refractivity contribution >= 4 is 34.5 Å². The van der Waals surface area contributed by atoms with Crippen LogP contribution < -0.4 is 25.3 Å². The van der Waals surface area contributed by atoms with Crippen LogP contribution in [0.25, 0.3) is 17.0 Å². The number of nitrogens with zero attached hydrogens (tertiary/aromatic N) is 2. The summed E-state index contributed by atoms with van der Waals surface area (Å²) in [5.74, 6) is 2.03. The predicted octanol–water partition coefficient (Wildman–Crippen LogP) is 7.08. The highest BCUT2D eigenvalue weighted by Gasteiger charge is 2.31. The Balaban J connectivity index is 1.23. The Morgan fingerprint density at radius 1 is 1.00 bits per heavy atom. The first-order chi connectivity index (χ1) is 20.3. The van der Waals surface area contributed by atoms with Gasteiger partial charge >= 0.3 is 11.7 Å². The van der Waals surface area contributed by atoms with Gasteiger partial charge in [0, 0.05) is 43.9 Å². The van der Waals surface area contributed by atoms with Gasteiger partial charge < -0.3 is 29.0 Å². The van der Waals surface area contributed by atoms with E-state index in [0.717, 1.165) is 40.8 Å². The van der Waals surface area contributed by atoms with Crippen LogP contribution in [0.5, 0.6) is 17.2 Å². The van der Waals surface area contributed by atoms with Gasteiger partial charge in [-0.2, -0.15) is 0 Å².